The van der Waals surface area contributed by atoms with E-state index < -0.39 is 0 Å². The molecule has 1 saturated heterocycles. The summed E-state index contributed by atoms with van der Waals surface area (Å²) >= 11 is 10.7. The van der Waals surface area contributed by atoms with E-state index in [-0.39, 0.29) is 10.2 Å². The molecule has 0 aromatic heterocycles. The lowest BCUT2D eigenvalue weighted by molar-refractivity contribution is -0.109. The largest absolute Gasteiger partial charge is 0.288 e. The van der Waals surface area contributed by atoms with Gasteiger partial charge in [-0.25, -0.2) is 0 Å². The van der Waals surface area contributed by atoms with Gasteiger partial charge in [-0.1, -0.05) is 23.5 Å². The molecule has 1 aliphatic heterocycles. The van der Waals surface area contributed by atoms with E-state index in [0.29, 0.717) is 0 Å². The van der Waals surface area contributed by atoms with Gasteiger partial charge < -0.3 is 0 Å². The minimum Gasteiger partial charge on any atom is -0.288 e. The number of rotatable bonds is 8. The fourth-order valence-electron chi connectivity index (χ4n) is 1.38. The molecule has 0 radical (unpaired) electrons. The predicted octanol–water partition coefficient (Wildman–Crippen LogP) is 4.14. The van der Waals surface area contributed by atoms with Crippen molar-refractivity contribution in [3.8, 4) is 0 Å². The molecule has 8 heteroatoms. The fourth-order valence-corrected chi connectivity index (χ4v) is 9.01. The topological polar surface area (TPSA) is 34.1 Å². The molecule has 0 aliphatic carbocycles. The van der Waals surface area contributed by atoms with Crippen LogP contribution in [0.25, 0.3) is 0 Å². The summed E-state index contributed by atoms with van der Waals surface area (Å²) < 4.78 is 0. The highest BCUT2D eigenvalue weighted by Crippen LogP contribution is 2.34. The van der Waals surface area contributed by atoms with E-state index >= 15 is 0 Å². The maximum Gasteiger partial charge on any atom is 0.186 e. The molecule has 0 spiro atoms. The van der Waals surface area contributed by atoms with Crippen LogP contribution in [0.3, 0.4) is 0 Å². The third-order valence-corrected chi connectivity index (χ3v) is 10.3. The van der Waals surface area contributed by atoms with Crippen molar-refractivity contribution in [1.29, 1.82) is 0 Å². The van der Waals surface area contributed by atoms with E-state index in [2.05, 4.69) is 23.5 Å². The van der Waals surface area contributed by atoms with Crippen LogP contribution in [-0.4, -0.2) is 53.9 Å². The second kappa shape index (κ2) is 11.9. The number of hydrogen-bond acceptors (Lipinski definition) is 8. The van der Waals surface area contributed by atoms with Gasteiger partial charge in [-0.05, 0) is 0 Å². The Kier molecular flexibility index (Phi) is 11.6. The second-order valence-electron chi connectivity index (χ2n) is 4.16. The van der Waals surface area contributed by atoms with Gasteiger partial charge in [-0.15, -0.1) is 23.5 Å². The maximum absolute atomic E-state index is 10.8. The van der Waals surface area contributed by atoms with Crippen molar-refractivity contribution in [3.05, 3.63) is 0 Å². The minimum atomic E-state index is 0.212. The molecule has 0 aromatic carbocycles. The summed E-state index contributed by atoms with van der Waals surface area (Å²) in [6.07, 6.45) is 0. The van der Waals surface area contributed by atoms with Crippen LogP contribution in [0.2, 0.25) is 0 Å². The van der Waals surface area contributed by atoms with E-state index in [1.807, 2.05) is 23.5 Å². The summed E-state index contributed by atoms with van der Waals surface area (Å²) in [5.74, 6) is 4.73. The first-order valence-electron chi connectivity index (χ1n) is 6.23. The molecule has 1 fully saturated rings. The molecule has 1 rings (SSSR count). The SMILES string of the molecule is CC(=O)SCSCC1CSC(CSCSC(C)=O)CS1. The Morgan fingerprint density at radius 1 is 0.900 bits per heavy atom. The van der Waals surface area contributed by atoms with Crippen LogP contribution < -0.4 is 0 Å². The number of carbonyl (C=O) groups is 2. The molecule has 0 N–H and O–H groups in total. The summed E-state index contributed by atoms with van der Waals surface area (Å²) in [5, 5.41) is 3.65. The van der Waals surface area contributed by atoms with E-state index in [0.717, 1.165) is 32.2 Å². The fraction of sp³-hybridized carbons (Fsp3) is 0.833. The average Bonchev–Trinajstić information content (AvgIpc) is 2.41. The van der Waals surface area contributed by atoms with Gasteiger partial charge in [0.25, 0.3) is 0 Å². The van der Waals surface area contributed by atoms with Crippen LogP contribution in [0.4, 0.5) is 0 Å². The van der Waals surface area contributed by atoms with Crippen molar-refractivity contribution in [2.75, 3.05) is 33.2 Å². The highest BCUT2D eigenvalue weighted by atomic mass is 32.2. The first kappa shape index (κ1) is 19.5. The Labute approximate surface area is 147 Å². The molecule has 1 heterocycles. The Hall–Kier alpha value is 1.44. The van der Waals surface area contributed by atoms with Crippen molar-refractivity contribution in [3.63, 3.8) is 0 Å². The van der Waals surface area contributed by atoms with Crippen molar-refractivity contribution in [2.24, 2.45) is 0 Å². The highest BCUT2D eigenvalue weighted by Gasteiger charge is 2.22. The molecule has 0 amide bonds. The molecule has 0 saturated carbocycles. The van der Waals surface area contributed by atoms with Gasteiger partial charge in [-0.3, -0.25) is 9.59 Å². The van der Waals surface area contributed by atoms with E-state index in [4.69, 9.17) is 0 Å². The number of carbonyl (C=O) groups excluding carboxylic acids is 2. The first-order valence-corrected chi connectivity index (χ1v) is 12.6. The zero-order chi connectivity index (χ0) is 14.8. The van der Waals surface area contributed by atoms with Gasteiger partial charge in [0.15, 0.2) is 10.2 Å². The van der Waals surface area contributed by atoms with E-state index in [1.165, 1.54) is 35.0 Å². The van der Waals surface area contributed by atoms with Crippen molar-refractivity contribution >= 4 is 80.8 Å². The lowest BCUT2D eigenvalue weighted by Crippen LogP contribution is -2.24. The van der Waals surface area contributed by atoms with Crippen molar-refractivity contribution < 1.29 is 9.59 Å². The normalized spacial score (nSPS) is 22.7. The quantitative estimate of drug-likeness (QED) is 0.453. The average molecular weight is 389 g/mol. The van der Waals surface area contributed by atoms with Gasteiger partial charge in [0.1, 0.15) is 0 Å². The van der Waals surface area contributed by atoms with Crippen LogP contribution in [0.15, 0.2) is 0 Å². The zero-order valence-electron chi connectivity index (χ0n) is 11.7. The second-order valence-corrected chi connectivity index (χ2v) is 11.9. The number of hydrogen-bond donors (Lipinski definition) is 0. The summed E-state index contributed by atoms with van der Waals surface area (Å²) in [4.78, 5) is 21.6. The smallest absolute Gasteiger partial charge is 0.186 e. The predicted molar refractivity (Wildman–Crippen MR) is 104 cm³/mol. The number of thioether (sulfide) groups is 6. The summed E-state index contributed by atoms with van der Waals surface area (Å²) in [7, 11) is 0. The van der Waals surface area contributed by atoms with E-state index in [1.54, 1.807) is 13.8 Å². The molecule has 2 unspecified atom stereocenters. The van der Waals surface area contributed by atoms with Crippen molar-refractivity contribution in [1.82, 2.24) is 0 Å². The standard InChI is InChI=1S/C12H20O2S6/c1-9(13)19-7-15-3-11-5-18-12(6-17-11)4-16-8-20-10(2)14/h11-12H,3-8H2,1-2H3. The van der Waals surface area contributed by atoms with Crippen LogP contribution >= 0.6 is 70.6 Å². The third-order valence-electron chi connectivity index (χ3n) is 2.33. The molecular formula is C12H20O2S6. The Morgan fingerprint density at radius 3 is 1.60 bits per heavy atom. The van der Waals surface area contributed by atoms with Gasteiger partial charge in [0.05, 0.1) is 0 Å². The highest BCUT2D eigenvalue weighted by molar-refractivity contribution is 8.24. The molecule has 20 heavy (non-hydrogen) atoms. The maximum atomic E-state index is 10.8. The summed E-state index contributed by atoms with van der Waals surface area (Å²) in [6.45, 7) is 3.26. The molecule has 116 valence electrons. The molecule has 2 nitrogen and oxygen atoms in total. The zero-order valence-corrected chi connectivity index (χ0v) is 16.6. The molecule has 0 aromatic rings. The Balaban J connectivity index is 1.99. The lowest BCUT2D eigenvalue weighted by atomic mass is 10.5. The van der Waals surface area contributed by atoms with Crippen LogP contribution in [0.5, 0.6) is 0 Å². The minimum absolute atomic E-state index is 0.212. The van der Waals surface area contributed by atoms with Crippen LogP contribution in [0, 0.1) is 0 Å². The van der Waals surface area contributed by atoms with Crippen LogP contribution in [-0.2, 0) is 9.59 Å². The molecule has 1 aliphatic rings. The first-order chi connectivity index (χ1) is 9.58. The monoisotopic (exact) mass is 388 g/mol. The van der Waals surface area contributed by atoms with Gasteiger partial charge in [-0.2, -0.15) is 23.5 Å². The summed E-state index contributed by atoms with van der Waals surface area (Å²) in [5.41, 5.74) is 0. The lowest BCUT2D eigenvalue weighted by Gasteiger charge is -2.27. The van der Waals surface area contributed by atoms with Crippen molar-refractivity contribution in [2.45, 2.75) is 24.3 Å². The van der Waals surface area contributed by atoms with E-state index in [9.17, 15) is 9.59 Å². The summed E-state index contributed by atoms with van der Waals surface area (Å²) in [6, 6.07) is 0. The molecule has 0 bridgehead atoms. The van der Waals surface area contributed by atoms with Gasteiger partial charge in [0, 0.05) is 57.5 Å². The van der Waals surface area contributed by atoms with Crippen LogP contribution in [0.1, 0.15) is 13.8 Å². The molecule has 2 atom stereocenters. The Morgan fingerprint density at radius 2 is 1.30 bits per heavy atom. The Bertz CT molecular complexity index is 274. The van der Waals surface area contributed by atoms with Gasteiger partial charge in [0.2, 0.25) is 0 Å². The molecular weight excluding hydrogens is 369 g/mol. The third kappa shape index (κ3) is 10.2. The van der Waals surface area contributed by atoms with Gasteiger partial charge >= 0.3 is 0 Å².